The van der Waals surface area contributed by atoms with Gasteiger partial charge in [0.1, 0.15) is 0 Å². The molecule has 0 saturated carbocycles. The molecule has 1 amide bonds. The third-order valence-electron chi connectivity index (χ3n) is 3.30. The Balaban J connectivity index is 0.00000220. The number of piperidine rings is 1. The van der Waals surface area contributed by atoms with Crippen LogP contribution >= 0.6 is 24.8 Å². The summed E-state index contributed by atoms with van der Waals surface area (Å²) in [7, 11) is 0. The summed E-state index contributed by atoms with van der Waals surface area (Å²) < 4.78 is 5.62. The van der Waals surface area contributed by atoms with Gasteiger partial charge in [0.15, 0.2) is 11.4 Å². The molecule has 1 aliphatic heterocycles. The highest BCUT2D eigenvalue weighted by atomic mass is 35.5. The second-order valence-electron chi connectivity index (χ2n) is 5.44. The van der Waals surface area contributed by atoms with Gasteiger partial charge in [0.2, 0.25) is 0 Å². The molecule has 0 radical (unpaired) electrons. The van der Waals surface area contributed by atoms with Crippen molar-refractivity contribution >= 4 is 30.7 Å². The van der Waals surface area contributed by atoms with Crippen molar-refractivity contribution in [2.75, 3.05) is 19.6 Å². The summed E-state index contributed by atoms with van der Waals surface area (Å²) in [5.41, 5.74) is 0.366. The summed E-state index contributed by atoms with van der Waals surface area (Å²) in [5.74, 6) is 0.888. The van der Waals surface area contributed by atoms with Gasteiger partial charge in [-0.25, -0.2) is 4.98 Å². The van der Waals surface area contributed by atoms with E-state index in [1.165, 1.54) is 6.42 Å². The SMILES string of the molecule is CC(C)Oc1cccnc1C(=O)NCC1CCCNC1.Cl.Cl. The van der Waals surface area contributed by atoms with E-state index in [-0.39, 0.29) is 36.8 Å². The van der Waals surface area contributed by atoms with E-state index in [1.54, 1.807) is 18.3 Å². The van der Waals surface area contributed by atoms with Crippen molar-refractivity contribution in [2.24, 2.45) is 5.92 Å². The molecule has 1 unspecified atom stereocenters. The number of nitrogens with zero attached hydrogens (tertiary/aromatic N) is 1. The van der Waals surface area contributed by atoms with Gasteiger partial charge in [-0.15, -0.1) is 24.8 Å². The van der Waals surface area contributed by atoms with Crippen molar-refractivity contribution in [3.63, 3.8) is 0 Å². The molecule has 1 atom stereocenters. The third kappa shape index (κ3) is 6.38. The fourth-order valence-corrected chi connectivity index (χ4v) is 2.33. The van der Waals surface area contributed by atoms with Crippen LogP contribution in [0.5, 0.6) is 5.75 Å². The van der Waals surface area contributed by atoms with Crippen LogP contribution < -0.4 is 15.4 Å². The van der Waals surface area contributed by atoms with E-state index in [2.05, 4.69) is 15.6 Å². The maximum atomic E-state index is 12.2. The van der Waals surface area contributed by atoms with Crippen molar-refractivity contribution in [3.05, 3.63) is 24.0 Å². The Morgan fingerprint density at radius 3 is 2.91 bits per heavy atom. The molecular weight excluding hydrogens is 325 g/mol. The minimum absolute atomic E-state index is 0. The largest absolute Gasteiger partial charge is 0.489 e. The lowest BCUT2D eigenvalue weighted by Gasteiger charge is -2.23. The van der Waals surface area contributed by atoms with Crippen LogP contribution in [0.3, 0.4) is 0 Å². The van der Waals surface area contributed by atoms with E-state index in [4.69, 9.17) is 4.74 Å². The molecule has 126 valence electrons. The van der Waals surface area contributed by atoms with Gasteiger partial charge in [-0.05, 0) is 57.8 Å². The Bertz CT molecular complexity index is 452. The van der Waals surface area contributed by atoms with E-state index < -0.39 is 0 Å². The molecule has 2 rings (SSSR count). The first-order chi connectivity index (χ1) is 9.66. The number of nitrogens with one attached hydrogen (secondary N) is 2. The Kier molecular flexibility index (Phi) is 10.1. The molecule has 1 aromatic rings. The van der Waals surface area contributed by atoms with Crippen LogP contribution in [0.2, 0.25) is 0 Å². The molecule has 2 heterocycles. The number of hydrogen-bond donors (Lipinski definition) is 2. The van der Waals surface area contributed by atoms with Crippen LogP contribution in [0.4, 0.5) is 0 Å². The van der Waals surface area contributed by atoms with Gasteiger partial charge in [0.05, 0.1) is 6.10 Å². The summed E-state index contributed by atoms with van der Waals surface area (Å²) in [4.78, 5) is 16.4. The molecule has 0 aromatic carbocycles. The first-order valence-electron chi connectivity index (χ1n) is 7.27. The van der Waals surface area contributed by atoms with Crippen molar-refractivity contribution < 1.29 is 9.53 Å². The number of carbonyl (C=O) groups excluding carboxylic acids is 1. The molecule has 0 spiro atoms. The molecule has 0 aliphatic carbocycles. The predicted molar refractivity (Wildman–Crippen MR) is 92.4 cm³/mol. The Morgan fingerprint density at radius 2 is 2.27 bits per heavy atom. The summed E-state index contributed by atoms with van der Waals surface area (Å²) in [6, 6.07) is 3.56. The Labute approximate surface area is 144 Å². The topological polar surface area (TPSA) is 63.2 Å². The number of carbonyl (C=O) groups is 1. The van der Waals surface area contributed by atoms with Crippen LogP contribution in [0.15, 0.2) is 18.3 Å². The monoisotopic (exact) mass is 349 g/mol. The lowest BCUT2D eigenvalue weighted by atomic mass is 10.00. The molecule has 1 saturated heterocycles. The highest BCUT2D eigenvalue weighted by molar-refractivity contribution is 5.94. The number of ether oxygens (including phenoxy) is 1. The van der Waals surface area contributed by atoms with Gasteiger partial charge in [-0.1, -0.05) is 0 Å². The number of aromatic nitrogens is 1. The summed E-state index contributed by atoms with van der Waals surface area (Å²) in [6.45, 7) is 6.60. The van der Waals surface area contributed by atoms with Crippen LogP contribution in [0.1, 0.15) is 37.2 Å². The van der Waals surface area contributed by atoms with Crippen molar-refractivity contribution in [3.8, 4) is 5.75 Å². The smallest absolute Gasteiger partial charge is 0.273 e. The van der Waals surface area contributed by atoms with Crippen molar-refractivity contribution in [2.45, 2.75) is 32.8 Å². The predicted octanol–water partition coefficient (Wildman–Crippen LogP) is 2.44. The van der Waals surface area contributed by atoms with Crippen molar-refractivity contribution in [1.29, 1.82) is 0 Å². The highest BCUT2D eigenvalue weighted by Crippen LogP contribution is 2.17. The van der Waals surface area contributed by atoms with Gasteiger partial charge in [0, 0.05) is 12.7 Å². The van der Waals surface area contributed by atoms with E-state index in [0.717, 1.165) is 19.5 Å². The van der Waals surface area contributed by atoms with Gasteiger partial charge >= 0.3 is 0 Å². The molecular formula is C15H25Cl2N3O2. The fraction of sp³-hybridized carbons (Fsp3) is 0.600. The standard InChI is InChI=1S/C15H23N3O2.2ClH/c1-11(2)20-13-6-4-8-17-14(13)15(19)18-10-12-5-3-7-16-9-12;;/h4,6,8,11-12,16H,3,5,7,9-10H2,1-2H3,(H,18,19);2*1H. The van der Waals surface area contributed by atoms with Gasteiger partial charge < -0.3 is 15.4 Å². The summed E-state index contributed by atoms with van der Waals surface area (Å²) >= 11 is 0. The number of rotatable bonds is 5. The minimum atomic E-state index is -0.160. The maximum absolute atomic E-state index is 12.2. The average molecular weight is 350 g/mol. The quantitative estimate of drug-likeness (QED) is 0.856. The summed E-state index contributed by atoms with van der Waals surface area (Å²) in [5, 5.41) is 6.31. The molecule has 1 fully saturated rings. The van der Waals surface area contributed by atoms with E-state index >= 15 is 0 Å². The molecule has 1 aromatic heterocycles. The highest BCUT2D eigenvalue weighted by Gasteiger charge is 2.18. The van der Waals surface area contributed by atoms with E-state index in [1.807, 2.05) is 13.8 Å². The maximum Gasteiger partial charge on any atom is 0.273 e. The first-order valence-corrected chi connectivity index (χ1v) is 7.27. The average Bonchev–Trinajstić information content (AvgIpc) is 2.46. The summed E-state index contributed by atoms with van der Waals surface area (Å²) in [6.07, 6.45) is 3.97. The fourth-order valence-electron chi connectivity index (χ4n) is 2.33. The third-order valence-corrected chi connectivity index (χ3v) is 3.30. The zero-order valence-corrected chi connectivity index (χ0v) is 14.6. The molecule has 1 aliphatic rings. The number of pyridine rings is 1. The Hall–Kier alpha value is -1.04. The Morgan fingerprint density at radius 1 is 1.50 bits per heavy atom. The van der Waals surface area contributed by atoms with Crippen LogP contribution in [0, 0.1) is 5.92 Å². The zero-order chi connectivity index (χ0) is 14.4. The number of amides is 1. The molecule has 7 heteroatoms. The molecule has 22 heavy (non-hydrogen) atoms. The van der Waals surface area contributed by atoms with E-state index in [9.17, 15) is 4.79 Å². The van der Waals surface area contributed by atoms with Crippen LogP contribution in [-0.4, -0.2) is 36.6 Å². The first kappa shape index (κ1) is 21.0. The normalized spacial score (nSPS) is 17.1. The minimum Gasteiger partial charge on any atom is -0.489 e. The molecule has 0 bridgehead atoms. The second-order valence-corrected chi connectivity index (χ2v) is 5.44. The van der Waals surface area contributed by atoms with Crippen LogP contribution in [0.25, 0.3) is 0 Å². The lowest BCUT2D eigenvalue weighted by molar-refractivity contribution is 0.0933. The van der Waals surface area contributed by atoms with Gasteiger partial charge in [-0.2, -0.15) is 0 Å². The molecule has 5 nitrogen and oxygen atoms in total. The van der Waals surface area contributed by atoms with E-state index in [0.29, 0.717) is 23.9 Å². The number of hydrogen-bond acceptors (Lipinski definition) is 4. The molecule has 2 N–H and O–H groups in total. The van der Waals surface area contributed by atoms with Crippen LogP contribution in [-0.2, 0) is 0 Å². The lowest BCUT2D eigenvalue weighted by Crippen LogP contribution is -2.38. The van der Waals surface area contributed by atoms with Gasteiger partial charge in [0.25, 0.3) is 5.91 Å². The number of halogens is 2. The second kappa shape index (κ2) is 10.6. The zero-order valence-electron chi connectivity index (χ0n) is 13.0. The van der Waals surface area contributed by atoms with Crippen molar-refractivity contribution in [1.82, 2.24) is 15.6 Å². The van der Waals surface area contributed by atoms with Gasteiger partial charge in [-0.3, -0.25) is 4.79 Å².